The molecule has 0 aliphatic carbocycles. The normalized spacial score (nSPS) is 12.1. The van der Waals surface area contributed by atoms with Crippen LogP contribution in [0.4, 0.5) is 0 Å². The SMILES string of the molecule is CCC(C)NC(N)=NCCc1c(OC)cc(OC)cc1OC.I. The summed E-state index contributed by atoms with van der Waals surface area (Å²) in [7, 11) is 4.86. The second-order valence-electron chi connectivity index (χ2n) is 4.98. The van der Waals surface area contributed by atoms with Crippen molar-refractivity contribution in [2.24, 2.45) is 10.7 Å². The number of ether oxygens (including phenoxy) is 3. The highest BCUT2D eigenvalue weighted by atomic mass is 127. The van der Waals surface area contributed by atoms with Gasteiger partial charge in [0.15, 0.2) is 5.96 Å². The number of aliphatic imine (C=N–C) groups is 1. The molecule has 7 heteroatoms. The van der Waals surface area contributed by atoms with E-state index < -0.39 is 0 Å². The van der Waals surface area contributed by atoms with Crippen molar-refractivity contribution in [2.45, 2.75) is 32.7 Å². The summed E-state index contributed by atoms with van der Waals surface area (Å²) < 4.78 is 16.1. The molecule has 0 fully saturated rings. The number of nitrogens with one attached hydrogen (secondary N) is 1. The zero-order valence-electron chi connectivity index (χ0n) is 14.5. The van der Waals surface area contributed by atoms with Gasteiger partial charge in [0.05, 0.1) is 21.3 Å². The molecule has 0 saturated carbocycles. The van der Waals surface area contributed by atoms with E-state index in [0.29, 0.717) is 30.7 Å². The van der Waals surface area contributed by atoms with Gasteiger partial charge in [0, 0.05) is 30.3 Å². The lowest BCUT2D eigenvalue weighted by Gasteiger charge is -2.15. The molecule has 0 heterocycles. The molecule has 0 aromatic heterocycles. The van der Waals surface area contributed by atoms with Gasteiger partial charge in [-0.1, -0.05) is 6.92 Å². The first kappa shape index (κ1) is 21.6. The van der Waals surface area contributed by atoms with Crippen LogP contribution in [0.15, 0.2) is 17.1 Å². The molecule has 0 bridgehead atoms. The van der Waals surface area contributed by atoms with E-state index in [0.717, 1.165) is 23.5 Å². The fourth-order valence-corrected chi connectivity index (χ4v) is 2.01. The van der Waals surface area contributed by atoms with Crippen LogP contribution < -0.4 is 25.3 Å². The minimum Gasteiger partial charge on any atom is -0.496 e. The van der Waals surface area contributed by atoms with Crippen LogP contribution in [-0.4, -0.2) is 39.9 Å². The quantitative estimate of drug-likeness (QED) is 0.372. The standard InChI is InChI=1S/C16H27N3O3.HI/c1-6-11(2)19-16(17)18-8-7-13-14(21-4)9-12(20-3)10-15(13)22-5;/h9-11H,6-8H2,1-5H3,(H3,17,18,19);1H. The molecule has 1 atom stereocenters. The number of benzene rings is 1. The molecule has 1 aromatic rings. The van der Waals surface area contributed by atoms with E-state index in [2.05, 4.69) is 24.2 Å². The second-order valence-corrected chi connectivity index (χ2v) is 4.98. The van der Waals surface area contributed by atoms with E-state index in [1.165, 1.54) is 0 Å². The van der Waals surface area contributed by atoms with Gasteiger partial charge in [-0.3, -0.25) is 4.99 Å². The van der Waals surface area contributed by atoms with Crippen LogP contribution in [0.25, 0.3) is 0 Å². The Balaban J connectivity index is 0.00000484. The first-order valence-electron chi connectivity index (χ1n) is 7.41. The van der Waals surface area contributed by atoms with Gasteiger partial charge in [0.1, 0.15) is 17.2 Å². The lowest BCUT2D eigenvalue weighted by atomic mass is 10.1. The Hall–Kier alpha value is -1.38. The maximum Gasteiger partial charge on any atom is 0.188 e. The maximum absolute atomic E-state index is 5.86. The first-order valence-corrected chi connectivity index (χ1v) is 7.41. The largest absolute Gasteiger partial charge is 0.496 e. The summed E-state index contributed by atoms with van der Waals surface area (Å²) in [5.74, 6) is 2.60. The molecule has 3 N–H and O–H groups in total. The van der Waals surface area contributed by atoms with Crippen LogP contribution in [-0.2, 0) is 6.42 Å². The lowest BCUT2D eigenvalue weighted by Crippen LogP contribution is -2.38. The van der Waals surface area contributed by atoms with Gasteiger partial charge in [0.25, 0.3) is 0 Å². The topological polar surface area (TPSA) is 78.1 Å². The summed E-state index contributed by atoms with van der Waals surface area (Å²) in [6.45, 7) is 4.71. The molecule has 0 aliphatic heterocycles. The smallest absolute Gasteiger partial charge is 0.188 e. The first-order chi connectivity index (χ1) is 10.5. The number of nitrogens with two attached hydrogens (primary N) is 1. The molecule has 23 heavy (non-hydrogen) atoms. The number of hydrogen-bond donors (Lipinski definition) is 2. The van der Waals surface area contributed by atoms with Crippen molar-refractivity contribution < 1.29 is 14.2 Å². The molecule has 6 nitrogen and oxygen atoms in total. The molecular formula is C16H28IN3O3. The van der Waals surface area contributed by atoms with E-state index >= 15 is 0 Å². The number of nitrogens with zero attached hydrogens (tertiary/aromatic N) is 1. The fourth-order valence-electron chi connectivity index (χ4n) is 2.01. The van der Waals surface area contributed by atoms with Crippen molar-refractivity contribution >= 4 is 29.9 Å². The van der Waals surface area contributed by atoms with Crippen molar-refractivity contribution in [3.63, 3.8) is 0 Å². The van der Waals surface area contributed by atoms with Crippen LogP contribution in [0.5, 0.6) is 17.2 Å². The third-order valence-corrected chi connectivity index (χ3v) is 3.47. The Kier molecular flexibility index (Phi) is 10.5. The third-order valence-electron chi connectivity index (χ3n) is 3.47. The molecule has 132 valence electrons. The van der Waals surface area contributed by atoms with E-state index in [1.54, 1.807) is 21.3 Å². The van der Waals surface area contributed by atoms with Crippen molar-refractivity contribution in [1.82, 2.24) is 5.32 Å². The average Bonchev–Trinajstić information content (AvgIpc) is 2.54. The minimum absolute atomic E-state index is 0. The summed E-state index contributed by atoms with van der Waals surface area (Å²) in [4.78, 5) is 4.34. The van der Waals surface area contributed by atoms with Gasteiger partial charge in [-0.05, 0) is 19.8 Å². The Labute approximate surface area is 155 Å². The number of hydrogen-bond acceptors (Lipinski definition) is 4. The van der Waals surface area contributed by atoms with E-state index in [-0.39, 0.29) is 24.0 Å². The van der Waals surface area contributed by atoms with Gasteiger partial charge < -0.3 is 25.3 Å². The van der Waals surface area contributed by atoms with E-state index in [1.807, 2.05) is 12.1 Å². The zero-order chi connectivity index (χ0) is 16.5. The molecule has 0 spiro atoms. The average molecular weight is 437 g/mol. The van der Waals surface area contributed by atoms with Crippen molar-refractivity contribution in [1.29, 1.82) is 0 Å². The number of rotatable bonds is 8. The summed E-state index contributed by atoms with van der Waals surface area (Å²) in [6, 6.07) is 3.99. The van der Waals surface area contributed by atoms with Gasteiger partial charge in [-0.2, -0.15) is 0 Å². The molecule has 0 amide bonds. The number of guanidine groups is 1. The number of halogens is 1. The summed E-state index contributed by atoms with van der Waals surface area (Å²) >= 11 is 0. The van der Waals surface area contributed by atoms with Crippen molar-refractivity contribution in [2.75, 3.05) is 27.9 Å². The van der Waals surface area contributed by atoms with Crippen molar-refractivity contribution in [3.8, 4) is 17.2 Å². The van der Waals surface area contributed by atoms with Crippen LogP contribution in [0.2, 0.25) is 0 Å². The van der Waals surface area contributed by atoms with Crippen LogP contribution in [0.3, 0.4) is 0 Å². The van der Waals surface area contributed by atoms with Gasteiger partial charge in [-0.25, -0.2) is 0 Å². The Bertz CT molecular complexity index is 484. The minimum atomic E-state index is 0. The van der Waals surface area contributed by atoms with E-state index in [4.69, 9.17) is 19.9 Å². The summed E-state index contributed by atoms with van der Waals surface area (Å²) in [5, 5.41) is 3.14. The van der Waals surface area contributed by atoms with Gasteiger partial charge in [-0.15, -0.1) is 24.0 Å². The van der Waals surface area contributed by atoms with E-state index in [9.17, 15) is 0 Å². The molecule has 0 radical (unpaired) electrons. The monoisotopic (exact) mass is 437 g/mol. The highest BCUT2D eigenvalue weighted by molar-refractivity contribution is 14.0. The predicted molar refractivity (Wildman–Crippen MR) is 105 cm³/mol. The Morgan fingerprint density at radius 1 is 1.17 bits per heavy atom. The van der Waals surface area contributed by atoms with Gasteiger partial charge >= 0.3 is 0 Å². The lowest BCUT2D eigenvalue weighted by molar-refractivity contribution is 0.369. The summed E-state index contributed by atoms with van der Waals surface area (Å²) in [5.41, 5.74) is 6.81. The highest BCUT2D eigenvalue weighted by Crippen LogP contribution is 2.34. The van der Waals surface area contributed by atoms with Crippen LogP contribution >= 0.6 is 24.0 Å². The predicted octanol–water partition coefficient (Wildman–Crippen LogP) is 2.58. The molecule has 1 rings (SSSR count). The third kappa shape index (κ3) is 6.72. The highest BCUT2D eigenvalue weighted by Gasteiger charge is 2.12. The molecular weight excluding hydrogens is 409 g/mol. The second kappa shape index (κ2) is 11.2. The van der Waals surface area contributed by atoms with Crippen LogP contribution in [0.1, 0.15) is 25.8 Å². The van der Waals surface area contributed by atoms with Gasteiger partial charge in [0.2, 0.25) is 0 Å². The Morgan fingerprint density at radius 3 is 2.17 bits per heavy atom. The molecule has 1 unspecified atom stereocenters. The van der Waals surface area contributed by atoms with Crippen LogP contribution in [0, 0.1) is 0 Å². The summed E-state index contributed by atoms with van der Waals surface area (Å²) in [6.07, 6.45) is 1.66. The molecule has 1 aromatic carbocycles. The maximum atomic E-state index is 5.86. The molecule has 0 saturated heterocycles. The fraction of sp³-hybridized carbons (Fsp3) is 0.562. The zero-order valence-corrected chi connectivity index (χ0v) is 16.8. The Morgan fingerprint density at radius 2 is 1.74 bits per heavy atom. The molecule has 0 aliphatic rings. The van der Waals surface area contributed by atoms with Crippen molar-refractivity contribution in [3.05, 3.63) is 17.7 Å². The number of methoxy groups -OCH3 is 3.